The Kier molecular flexibility index (Phi) is 2.69. The van der Waals surface area contributed by atoms with E-state index in [2.05, 4.69) is 13.8 Å². The molecular weight excluding hydrogens is 184 g/mol. The third kappa shape index (κ3) is 0.972. The topological polar surface area (TPSA) is 81.5 Å². The molecule has 0 amide bonds. The molecule has 3 aliphatic heterocycles. The highest BCUT2D eigenvalue weighted by Crippen LogP contribution is 2.62. The van der Waals surface area contributed by atoms with Gasteiger partial charge in [0.2, 0.25) is 0 Å². The van der Waals surface area contributed by atoms with Gasteiger partial charge < -0.3 is 20.4 Å². The van der Waals surface area contributed by atoms with Crippen molar-refractivity contribution in [2.24, 2.45) is 10.8 Å². The van der Waals surface area contributed by atoms with Crippen LogP contribution in [-0.2, 0) is 9.47 Å². The van der Waals surface area contributed by atoms with Crippen molar-refractivity contribution >= 4 is 0 Å². The van der Waals surface area contributed by atoms with Crippen molar-refractivity contribution in [3.8, 4) is 0 Å². The van der Waals surface area contributed by atoms with E-state index in [1.54, 1.807) is 0 Å². The van der Waals surface area contributed by atoms with Gasteiger partial charge in [0.05, 0.1) is 25.4 Å². The highest BCUT2D eigenvalue weighted by atomic mass is 16.5. The zero-order valence-electron chi connectivity index (χ0n) is 8.80. The fourth-order valence-corrected chi connectivity index (χ4v) is 3.30. The molecule has 4 nitrogen and oxygen atoms in total. The molecule has 84 valence electrons. The van der Waals surface area contributed by atoms with Crippen LogP contribution in [0.5, 0.6) is 0 Å². The third-order valence-electron chi connectivity index (χ3n) is 4.55. The van der Waals surface area contributed by atoms with E-state index in [0.717, 1.165) is 13.2 Å². The van der Waals surface area contributed by atoms with Gasteiger partial charge in [0.15, 0.2) is 0 Å². The van der Waals surface area contributed by atoms with Crippen LogP contribution in [0.15, 0.2) is 0 Å². The summed E-state index contributed by atoms with van der Waals surface area (Å²) in [5, 5.41) is 0. The summed E-state index contributed by atoms with van der Waals surface area (Å²) in [6.45, 7) is 6.49. The lowest BCUT2D eigenvalue weighted by Crippen LogP contribution is -2.45. The van der Waals surface area contributed by atoms with Crippen LogP contribution in [0, 0.1) is 10.8 Å². The molecule has 4 N–H and O–H groups in total. The minimum atomic E-state index is 0. The zero-order chi connectivity index (χ0) is 8.40. The molecule has 3 rings (SSSR count). The van der Waals surface area contributed by atoms with Crippen molar-refractivity contribution in [1.29, 1.82) is 0 Å². The molecule has 0 aliphatic carbocycles. The Morgan fingerprint density at radius 1 is 0.929 bits per heavy atom. The summed E-state index contributed by atoms with van der Waals surface area (Å²) < 4.78 is 11.6. The molecule has 0 aromatic heterocycles. The second-order valence-electron chi connectivity index (χ2n) is 5.02. The average molecular weight is 204 g/mol. The van der Waals surface area contributed by atoms with E-state index in [0.29, 0.717) is 23.0 Å². The molecule has 0 aromatic carbocycles. The van der Waals surface area contributed by atoms with Crippen molar-refractivity contribution in [1.82, 2.24) is 0 Å². The molecule has 4 heteroatoms. The fraction of sp³-hybridized carbons (Fsp3) is 1.00. The number of ether oxygens (including phenoxy) is 2. The third-order valence-corrected chi connectivity index (χ3v) is 4.55. The Balaban J connectivity index is 0.000000490. The number of rotatable bonds is 0. The van der Waals surface area contributed by atoms with Crippen LogP contribution < -0.4 is 0 Å². The molecule has 3 fully saturated rings. The minimum Gasteiger partial charge on any atom is -0.412 e. The van der Waals surface area contributed by atoms with Gasteiger partial charge in [-0.15, -0.1) is 0 Å². The highest BCUT2D eigenvalue weighted by Gasteiger charge is 2.66. The SMILES string of the molecule is CC12COCC1(C)C1CCC2O1.O.O. The largest absolute Gasteiger partial charge is 0.412 e. The van der Waals surface area contributed by atoms with Crippen LogP contribution >= 0.6 is 0 Å². The van der Waals surface area contributed by atoms with Gasteiger partial charge in [-0.1, -0.05) is 13.8 Å². The summed E-state index contributed by atoms with van der Waals surface area (Å²) in [6.07, 6.45) is 3.46. The first-order chi connectivity index (χ1) is 5.67. The minimum absolute atomic E-state index is 0. The van der Waals surface area contributed by atoms with Crippen LogP contribution in [0.25, 0.3) is 0 Å². The molecule has 14 heavy (non-hydrogen) atoms. The molecule has 3 saturated heterocycles. The van der Waals surface area contributed by atoms with Gasteiger partial charge in [-0.3, -0.25) is 0 Å². The highest BCUT2D eigenvalue weighted by molar-refractivity contribution is 5.13. The van der Waals surface area contributed by atoms with E-state index in [1.807, 2.05) is 0 Å². The van der Waals surface area contributed by atoms with E-state index in [-0.39, 0.29) is 11.0 Å². The molecule has 3 aliphatic rings. The molecule has 3 heterocycles. The van der Waals surface area contributed by atoms with Crippen LogP contribution in [0.4, 0.5) is 0 Å². The van der Waals surface area contributed by atoms with Crippen molar-refractivity contribution < 1.29 is 20.4 Å². The molecule has 0 spiro atoms. The van der Waals surface area contributed by atoms with E-state index in [9.17, 15) is 0 Å². The lowest BCUT2D eigenvalue weighted by Gasteiger charge is -2.39. The van der Waals surface area contributed by atoms with Crippen LogP contribution in [-0.4, -0.2) is 36.4 Å². The Hall–Kier alpha value is -0.160. The maximum Gasteiger partial charge on any atom is 0.0662 e. The lowest BCUT2D eigenvalue weighted by molar-refractivity contribution is 0.0215. The van der Waals surface area contributed by atoms with Gasteiger partial charge in [0.1, 0.15) is 0 Å². The molecule has 0 saturated carbocycles. The Labute approximate surface area is 84.2 Å². The first-order valence-corrected chi connectivity index (χ1v) is 4.90. The van der Waals surface area contributed by atoms with Crippen LogP contribution in [0.1, 0.15) is 26.7 Å². The van der Waals surface area contributed by atoms with Crippen molar-refractivity contribution in [2.75, 3.05) is 13.2 Å². The number of hydrogen-bond acceptors (Lipinski definition) is 2. The normalized spacial score (nSPS) is 53.6. The predicted octanol–water partition coefficient (Wildman–Crippen LogP) is -0.0590. The molecule has 4 unspecified atom stereocenters. The van der Waals surface area contributed by atoms with Gasteiger partial charge in [-0.2, -0.15) is 0 Å². The van der Waals surface area contributed by atoms with E-state index >= 15 is 0 Å². The Morgan fingerprint density at radius 2 is 1.36 bits per heavy atom. The summed E-state index contributed by atoms with van der Waals surface area (Å²) in [7, 11) is 0. The standard InChI is InChI=1S/C10H16O2.2H2O/c1-9-5-11-6-10(9,2)8-4-3-7(9)12-8;;/h7-8H,3-6H2,1-2H3;2*1H2. The fourth-order valence-electron chi connectivity index (χ4n) is 3.30. The molecular formula is C10H20O4. The smallest absolute Gasteiger partial charge is 0.0662 e. The summed E-state index contributed by atoms with van der Waals surface area (Å²) in [6, 6.07) is 0. The monoisotopic (exact) mass is 204 g/mol. The van der Waals surface area contributed by atoms with Crippen molar-refractivity contribution in [2.45, 2.75) is 38.9 Å². The Morgan fingerprint density at radius 3 is 1.79 bits per heavy atom. The van der Waals surface area contributed by atoms with Crippen LogP contribution in [0.3, 0.4) is 0 Å². The molecule has 2 bridgehead atoms. The maximum absolute atomic E-state index is 5.97. The quantitative estimate of drug-likeness (QED) is 0.554. The van der Waals surface area contributed by atoms with E-state index in [1.165, 1.54) is 12.8 Å². The maximum atomic E-state index is 5.97. The lowest BCUT2D eigenvalue weighted by atomic mass is 9.60. The van der Waals surface area contributed by atoms with Gasteiger partial charge in [0.25, 0.3) is 0 Å². The van der Waals surface area contributed by atoms with Gasteiger partial charge in [-0.25, -0.2) is 0 Å². The van der Waals surface area contributed by atoms with E-state index < -0.39 is 0 Å². The predicted molar refractivity (Wildman–Crippen MR) is 52.2 cm³/mol. The first-order valence-electron chi connectivity index (χ1n) is 4.90. The number of hydrogen-bond donors (Lipinski definition) is 0. The second-order valence-corrected chi connectivity index (χ2v) is 5.02. The second kappa shape index (κ2) is 3.17. The van der Waals surface area contributed by atoms with Crippen LogP contribution in [0.2, 0.25) is 0 Å². The summed E-state index contributed by atoms with van der Waals surface area (Å²) in [5.41, 5.74) is 0.631. The van der Waals surface area contributed by atoms with Crippen molar-refractivity contribution in [3.63, 3.8) is 0 Å². The van der Waals surface area contributed by atoms with Gasteiger partial charge in [0, 0.05) is 10.8 Å². The van der Waals surface area contributed by atoms with E-state index in [4.69, 9.17) is 9.47 Å². The average Bonchev–Trinajstić information content (AvgIpc) is 2.61. The summed E-state index contributed by atoms with van der Waals surface area (Å²) in [4.78, 5) is 0. The molecule has 0 aromatic rings. The summed E-state index contributed by atoms with van der Waals surface area (Å²) >= 11 is 0. The first kappa shape index (κ1) is 11.9. The molecule has 0 radical (unpaired) electrons. The molecule has 4 atom stereocenters. The van der Waals surface area contributed by atoms with Crippen molar-refractivity contribution in [3.05, 3.63) is 0 Å². The zero-order valence-corrected chi connectivity index (χ0v) is 8.80. The van der Waals surface area contributed by atoms with Gasteiger partial charge >= 0.3 is 0 Å². The summed E-state index contributed by atoms with van der Waals surface area (Å²) in [5.74, 6) is 0. The number of fused-ring (bicyclic) bond motifs is 5. The van der Waals surface area contributed by atoms with Gasteiger partial charge in [-0.05, 0) is 12.8 Å². The Bertz CT molecular complexity index is 210.